The van der Waals surface area contributed by atoms with Gasteiger partial charge in [-0.1, -0.05) is 55.9 Å². The Hall–Kier alpha value is -3.14. The summed E-state index contributed by atoms with van der Waals surface area (Å²) in [4.78, 5) is 22.5. The first kappa shape index (κ1) is 24.0. The Balaban J connectivity index is 1.36. The Bertz CT molecular complexity index is 1030. The second-order valence-corrected chi connectivity index (χ2v) is 9.12. The van der Waals surface area contributed by atoms with E-state index in [0.717, 1.165) is 17.0 Å². The van der Waals surface area contributed by atoms with E-state index in [0.29, 0.717) is 11.5 Å². The predicted octanol–water partition coefficient (Wildman–Crippen LogP) is 5.11. The fraction of sp³-hybridized carbons (Fsp3) is 0.429. The SMILES string of the molecule is CCCC1CCC(c2ccc(C#Cc3ccc(C4O[C@@H](C(=O)O)[C@H](C(=O)O)O4)cc3)cc2)CC1. The van der Waals surface area contributed by atoms with Crippen LogP contribution in [-0.4, -0.2) is 34.4 Å². The number of hydrogen-bond donors (Lipinski definition) is 2. The summed E-state index contributed by atoms with van der Waals surface area (Å²) in [6, 6.07) is 15.5. The third-order valence-corrected chi connectivity index (χ3v) is 6.76. The Morgan fingerprint density at radius 1 is 0.794 bits per heavy atom. The van der Waals surface area contributed by atoms with Crippen molar-refractivity contribution in [1.29, 1.82) is 0 Å². The number of benzene rings is 2. The molecule has 1 heterocycles. The third kappa shape index (κ3) is 5.67. The van der Waals surface area contributed by atoms with Crippen molar-refractivity contribution in [1.82, 2.24) is 0 Å². The number of hydrogen-bond acceptors (Lipinski definition) is 4. The average Bonchev–Trinajstić information content (AvgIpc) is 3.31. The van der Waals surface area contributed by atoms with Crippen LogP contribution in [0.1, 0.15) is 79.9 Å². The molecule has 0 unspecified atom stereocenters. The maximum atomic E-state index is 11.2. The molecule has 34 heavy (non-hydrogen) atoms. The van der Waals surface area contributed by atoms with Crippen LogP contribution in [0.5, 0.6) is 0 Å². The van der Waals surface area contributed by atoms with Crippen LogP contribution >= 0.6 is 0 Å². The Labute approximate surface area is 199 Å². The van der Waals surface area contributed by atoms with Gasteiger partial charge in [-0.15, -0.1) is 0 Å². The van der Waals surface area contributed by atoms with E-state index >= 15 is 0 Å². The van der Waals surface area contributed by atoms with E-state index in [1.54, 1.807) is 24.3 Å². The summed E-state index contributed by atoms with van der Waals surface area (Å²) < 4.78 is 10.6. The molecule has 6 heteroatoms. The van der Waals surface area contributed by atoms with Gasteiger partial charge in [0.2, 0.25) is 0 Å². The summed E-state index contributed by atoms with van der Waals surface area (Å²) >= 11 is 0. The van der Waals surface area contributed by atoms with E-state index in [9.17, 15) is 9.59 Å². The fourth-order valence-corrected chi connectivity index (χ4v) is 4.87. The first-order valence-electron chi connectivity index (χ1n) is 11.9. The molecule has 0 spiro atoms. The lowest BCUT2D eigenvalue weighted by atomic mass is 9.77. The molecule has 2 aliphatic rings. The van der Waals surface area contributed by atoms with Gasteiger partial charge in [0.25, 0.3) is 0 Å². The first-order valence-corrected chi connectivity index (χ1v) is 11.9. The van der Waals surface area contributed by atoms with Gasteiger partial charge in [-0.25, -0.2) is 9.59 Å². The third-order valence-electron chi connectivity index (χ3n) is 6.76. The molecule has 0 amide bonds. The number of aliphatic carboxylic acids is 2. The van der Waals surface area contributed by atoms with Gasteiger partial charge in [-0.05, 0) is 67.3 Å². The van der Waals surface area contributed by atoms with E-state index in [2.05, 4.69) is 43.0 Å². The summed E-state index contributed by atoms with van der Waals surface area (Å²) in [6.45, 7) is 2.27. The van der Waals surface area contributed by atoms with Gasteiger partial charge in [0, 0.05) is 16.7 Å². The topological polar surface area (TPSA) is 93.1 Å². The van der Waals surface area contributed by atoms with Crippen LogP contribution in [-0.2, 0) is 19.1 Å². The molecule has 2 aromatic rings. The Kier molecular flexibility index (Phi) is 7.66. The molecule has 0 bridgehead atoms. The van der Waals surface area contributed by atoms with Gasteiger partial charge < -0.3 is 19.7 Å². The molecule has 0 radical (unpaired) electrons. The number of carboxylic acids is 2. The molecule has 0 aromatic heterocycles. The van der Waals surface area contributed by atoms with Crippen LogP contribution in [0.25, 0.3) is 0 Å². The highest BCUT2D eigenvalue weighted by Gasteiger charge is 2.46. The van der Waals surface area contributed by atoms with Crippen LogP contribution < -0.4 is 0 Å². The molecule has 1 saturated heterocycles. The number of rotatable bonds is 6. The van der Waals surface area contributed by atoms with Gasteiger partial charge in [-0.2, -0.15) is 0 Å². The lowest BCUT2D eigenvalue weighted by molar-refractivity contribution is -0.156. The molecule has 1 saturated carbocycles. The standard InChI is InChI=1S/C28H30O6/c1-2-3-18-6-12-21(13-7-18)22-14-8-19(9-15-22)4-5-20-10-16-23(17-11-20)28-33-24(26(29)30)25(34-28)27(31)32/h8-11,14-18,21,24-25,28H,2-3,6-7,12-13H2,1H3,(H,29,30)(H,31,32)/t18?,21?,24-,25-/m1/s1. The van der Waals surface area contributed by atoms with Gasteiger partial charge in [-0.3, -0.25) is 0 Å². The number of ether oxygens (including phenoxy) is 2. The minimum absolute atomic E-state index is 0.540. The lowest BCUT2D eigenvalue weighted by Crippen LogP contribution is -2.36. The predicted molar refractivity (Wildman–Crippen MR) is 126 cm³/mol. The molecule has 1 aliphatic heterocycles. The smallest absolute Gasteiger partial charge is 0.336 e. The van der Waals surface area contributed by atoms with Crippen molar-refractivity contribution < 1.29 is 29.3 Å². The molecule has 4 rings (SSSR count). The van der Waals surface area contributed by atoms with E-state index in [1.165, 1.54) is 44.1 Å². The van der Waals surface area contributed by atoms with Crippen molar-refractivity contribution in [2.75, 3.05) is 0 Å². The van der Waals surface area contributed by atoms with Crippen molar-refractivity contribution in [2.45, 2.75) is 69.9 Å². The largest absolute Gasteiger partial charge is 0.479 e. The zero-order chi connectivity index (χ0) is 24.1. The second kappa shape index (κ2) is 10.9. The minimum Gasteiger partial charge on any atom is -0.479 e. The molecule has 2 N–H and O–H groups in total. The van der Waals surface area contributed by atoms with E-state index in [1.807, 2.05) is 0 Å². The van der Waals surface area contributed by atoms with E-state index < -0.39 is 30.4 Å². The average molecular weight is 463 g/mol. The van der Waals surface area contributed by atoms with Crippen molar-refractivity contribution in [3.63, 3.8) is 0 Å². The minimum atomic E-state index is -1.55. The summed E-state index contributed by atoms with van der Waals surface area (Å²) in [5.41, 5.74) is 3.67. The molecule has 6 nitrogen and oxygen atoms in total. The van der Waals surface area contributed by atoms with Crippen LogP contribution in [0.15, 0.2) is 48.5 Å². The summed E-state index contributed by atoms with van der Waals surface area (Å²) in [7, 11) is 0. The van der Waals surface area contributed by atoms with Gasteiger partial charge >= 0.3 is 11.9 Å². The Morgan fingerprint density at radius 3 is 1.71 bits per heavy atom. The number of carboxylic acid groups (broad SMARTS) is 2. The summed E-state index contributed by atoms with van der Waals surface area (Å²) in [5.74, 6) is 5.14. The Morgan fingerprint density at radius 2 is 1.26 bits per heavy atom. The van der Waals surface area contributed by atoms with Crippen molar-refractivity contribution >= 4 is 11.9 Å². The van der Waals surface area contributed by atoms with E-state index in [4.69, 9.17) is 19.7 Å². The van der Waals surface area contributed by atoms with Crippen LogP contribution in [0, 0.1) is 17.8 Å². The summed E-state index contributed by atoms with van der Waals surface area (Å²) in [5, 5.41) is 18.3. The zero-order valence-corrected chi connectivity index (χ0v) is 19.3. The summed E-state index contributed by atoms with van der Waals surface area (Å²) in [6.07, 6.45) is 3.72. The molecule has 2 atom stereocenters. The maximum absolute atomic E-state index is 11.2. The highest BCUT2D eigenvalue weighted by molar-refractivity contribution is 5.84. The highest BCUT2D eigenvalue weighted by atomic mass is 16.7. The monoisotopic (exact) mass is 462 g/mol. The molecular formula is C28H30O6. The van der Waals surface area contributed by atoms with Crippen molar-refractivity contribution in [2.24, 2.45) is 5.92 Å². The van der Waals surface area contributed by atoms with Gasteiger partial charge in [0.1, 0.15) is 0 Å². The molecule has 1 aliphatic carbocycles. The molecule has 178 valence electrons. The number of carbonyl (C=O) groups is 2. The first-order chi connectivity index (χ1) is 16.4. The van der Waals surface area contributed by atoms with Crippen molar-refractivity contribution in [3.8, 4) is 11.8 Å². The van der Waals surface area contributed by atoms with Crippen molar-refractivity contribution in [3.05, 3.63) is 70.8 Å². The maximum Gasteiger partial charge on any atom is 0.336 e. The zero-order valence-electron chi connectivity index (χ0n) is 19.3. The highest BCUT2D eigenvalue weighted by Crippen LogP contribution is 2.37. The fourth-order valence-electron chi connectivity index (χ4n) is 4.87. The molecule has 2 fully saturated rings. The molecular weight excluding hydrogens is 432 g/mol. The lowest BCUT2D eigenvalue weighted by Gasteiger charge is -2.28. The van der Waals surface area contributed by atoms with Crippen LogP contribution in [0.3, 0.4) is 0 Å². The van der Waals surface area contributed by atoms with Gasteiger partial charge in [0.15, 0.2) is 18.5 Å². The normalized spacial score (nSPS) is 24.9. The van der Waals surface area contributed by atoms with Crippen LogP contribution in [0.4, 0.5) is 0 Å². The van der Waals surface area contributed by atoms with Crippen LogP contribution in [0.2, 0.25) is 0 Å². The molecule has 2 aromatic carbocycles. The second-order valence-electron chi connectivity index (χ2n) is 9.12. The van der Waals surface area contributed by atoms with E-state index in [-0.39, 0.29) is 0 Å². The quantitative estimate of drug-likeness (QED) is 0.580. The van der Waals surface area contributed by atoms with Gasteiger partial charge in [0.05, 0.1) is 0 Å².